The SMILES string of the molecule is c1ccc(N(c2ccccc2)c2cc(N(c3ccccc3)c3cccc(-c4cccc5c6ccccc6n(-c6ccccc6)c45)c3)c3sc4ccc(-c5cccc6c5c5ccc7ccccc7c5n6-c5ccccc5)cc4c3c2)cc1. The van der Waals surface area contributed by atoms with Gasteiger partial charge in [0.25, 0.3) is 0 Å². The minimum absolute atomic E-state index is 1.06. The molecule has 16 rings (SSSR count). The highest BCUT2D eigenvalue weighted by Gasteiger charge is 2.25. The molecule has 0 aliphatic rings. The first-order chi connectivity index (χ1) is 40.2. The third-order valence-electron chi connectivity index (χ3n) is 16.2. The summed E-state index contributed by atoms with van der Waals surface area (Å²) in [6, 6.07) is 111. The van der Waals surface area contributed by atoms with Crippen LogP contribution in [0.2, 0.25) is 0 Å². The summed E-state index contributed by atoms with van der Waals surface area (Å²) < 4.78 is 7.33. The van der Waals surface area contributed by atoms with Crippen LogP contribution in [0.15, 0.2) is 303 Å². The molecule has 0 aliphatic carbocycles. The Bertz CT molecular complexity index is 5000. The highest BCUT2D eigenvalue weighted by atomic mass is 32.1. The van der Waals surface area contributed by atoms with Crippen molar-refractivity contribution in [2.75, 3.05) is 9.80 Å². The average Bonchev–Trinajstić information content (AvgIpc) is 4.20. The van der Waals surface area contributed by atoms with Crippen LogP contribution in [0.5, 0.6) is 0 Å². The Labute approximate surface area is 473 Å². The number of aromatic nitrogens is 2. The first kappa shape index (κ1) is 46.6. The van der Waals surface area contributed by atoms with Crippen LogP contribution >= 0.6 is 11.3 Å². The maximum Gasteiger partial charge on any atom is 0.0661 e. The largest absolute Gasteiger partial charge is 0.310 e. The summed E-state index contributed by atoms with van der Waals surface area (Å²) in [4.78, 5) is 4.89. The molecule has 0 saturated heterocycles. The molecule has 13 aromatic carbocycles. The fraction of sp³-hybridized carbons (Fsp3) is 0. The molecule has 380 valence electrons. The van der Waals surface area contributed by atoms with E-state index >= 15 is 0 Å². The molecule has 3 heterocycles. The van der Waals surface area contributed by atoms with Crippen molar-refractivity contribution in [1.82, 2.24) is 9.13 Å². The third kappa shape index (κ3) is 7.66. The number of benzene rings is 13. The Kier molecular flexibility index (Phi) is 11.0. The topological polar surface area (TPSA) is 16.3 Å². The number of rotatable bonds is 10. The van der Waals surface area contributed by atoms with Gasteiger partial charge in [-0.3, -0.25) is 0 Å². The van der Waals surface area contributed by atoms with Crippen LogP contribution in [0.25, 0.3) is 108 Å². The molecule has 0 aliphatic heterocycles. The van der Waals surface area contributed by atoms with Crippen molar-refractivity contribution in [3.8, 4) is 33.6 Å². The van der Waals surface area contributed by atoms with Crippen LogP contribution in [0.4, 0.5) is 34.1 Å². The van der Waals surface area contributed by atoms with E-state index in [1.807, 2.05) is 11.3 Å². The molecule has 81 heavy (non-hydrogen) atoms. The van der Waals surface area contributed by atoms with Gasteiger partial charge in [-0.2, -0.15) is 0 Å². The molecule has 4 nitrogen and oxygen atoms in total. The van der Waals surface area contributed by atoms with Crippen LogP contribution in [-0.4, -0.2) is 9.13 Å². The van der Waals surface area contributed by atoms with Gasteiger partial charge in [0, 0.05) is 87.8 Å². The molecule has 3 aromatic heterocycles. The van der Waals surface area contributed by atoms with E-state index in [-0.39, 0.29) is 0 Å². The quantitative estimate of drug-likeness (QED) is 0.136. The van der Waals surface area contributed by atoms with E-state index in [0.29, 0.717) is 0 Å². The molecule has 5 heteroatoms. The van der Waals surface area contributed by atoms with Gasteiger partial charge in [-0.15, -0.1) is 11.3 Å². The summed E-state index contributed by atoms with van der Waals surface area (Å²) in [6.45, 7) is 0. The fourth-order valence-corrected chi connectivity index (χ4v) is 13.9. The average molecular weight is 1050 g/mol. The molecule has 0 bridgehead atoms. The molecule has 0 atom stereocenters. The molecule has 0 radical (unpaired) electrons. The van der Waals surface area contributed by atoms with Gasteiger partial charge >= 0.3 is 0 Å². The molecule has 0 spiro atoms. The summed E-state index contributed by atoms with van der Waals surface area (Å²) in [5.41, 5.74) is 18.2. The second kappa shape index (κ2) is 19.2. The summed E-state index contributed by atoms with van der Waals surface area (Å²) in [7, 11) is 0. The molecule has 0 unspecified atom stereocenters. The van der Waals surface area contributed by atoms with E-state index in [0.717, 1.165) is 51.1 Å². The number of hydrogen-bond donors (Lipinski definition) is 0. The lowest BCUT2D eigenvalue weighted by Gasteiger charge is -2.30. The van der Waals surface area contributed by atoms with E-state index < -0.39 is 0 Å². The lowest BCUT2D eigenvalue weighted by molar-refractivity contribution is 1.18. The van der Waals surface area contributed by atoms with Crippen LogP contribution < -0.4 is 9.80 Å². The van der Waals surface area contributed by atoms with Gasteiger partial charge < -0.3 is 18.9 Å². The zero-order valence-electron chi connectivity index (χ0n) is 44.1. The second-order valence-corrected chi connectivity index (χ2v) is 21.9. The lowest BCUT2D eigenvalue weighted by Crippen LogP contribution is -2.13. The Balaban J connectivity index is 0.953. The normalized spacial score (nSPS) is 11.7. The minimum Gasteiger partial charge on any atom is -0.310 e. The van der Waals surface area contributed by atoms with Crippen molar-refractivity contribution >= 4 is 120 Å². The molecule has 16 aromatic rings. The summed E-state index contributed by atoms with van der Waals surface area (Å²) >= 11 is 1.87. The van der Waals surface area contributed by atoms with Crippen molar-refractivity contribution in [2.45, 2.75) is 0 Å². The second-order valence-electron chi connectivity index (χ2n) is 20.8. The van der Waals surface area contributed by atoms with Gasteiger partial charge in [-0.1, -0.05) is 194 Å². The van der Waals surface area contributed by atoms with Crippen LogP contribution in [-0.2, 0) is 0 Å². The van der Waals surface area contributed by atoms with Crippen molar-refractivity contribution < 1.29 is 0 Å². The van der Waals surface area contributed by atoms with Crippen molar-refractivity contribution in [3.05, 3.63) is 303 Å². The number of hydrogen-bond acceptors (Lipinski definition) is 3. The molecular weight excluding hydrogens is 1000 g/mol. The van der Waals surface area contributed by atoms with Crippen molar-refractivity contribution in [1.29, 1.82) is 0 Å². The summed E-state index contributed by atoms with van der Waals surface area (Å²) in [5.74, 6) is 0. The Morgan fingerprint density at radius 3 is 1.54 bits per heavy atom. The number of nitrogens with zero attached hydrogens (tertiary/aromatic N) is 4. The third-order valence-corrected chi connectivity index (χ3v) is 17.4. The highest BCUT2D eigenvalue weighted by Crippen LogP contribution is 2.51. The van der Waals surface area contributed by atoms with Gasteiger partial charge in [-0.25, -0.2) is 0 Å². The van der Waals surface area contributed by atoms with Crippen LogP contribution in [0.3, 0.4) is 0 Å². The monoisotopic (exact) mass is 1050 g/mol. The van der Waals surface area contributed by atoms with Crippen LogP contribution in [0.1, 0.15) is 0 Å². The predicted molar refractivity (Wildman–Crippen MR) is 346 cm³/mol. The molecule has 0 amide bonds. The van der Waals surface area contributed by atoms with Crippen molar-refractivity contribution in [2.24, 2.45) is 0 Å². The van der Waals surface area contributed by atoms with Crippen molar-refractivity contribution in [3.63, 3.8) is 0 Å². The van der Waals surface area contributed by atoms with E-state index in [1.54, 1.807) is 0 Å². The molecular formula is C76H50N4S. The highest BCUT2D eigenvalue weighted by molar-refractivity contribution is 7.26. The first-order valence-electron chi connectivity index (χ1n) is 27.7. The standard InChI is InChI=1S/C76H50N4S/c1-6-25-54(26-7-1)77(55-27-8-2-9-28-55)60-49-68-67-48-53(61-38-22-42-70-73(61)66-45-43-51-23-16-17-36-62(51)75(66)80(70)58-33-14-5-15-34-58)44-46-72(67)81-76(68)71(50-60)78(56-29-10-3-11-30-56)59-35-20-24-52(47-59)63-39-21-40-65-64-37-18-19-41-69(64)79(74(63)65)57-31-12-4-13-32-57/h1-50H. The van der Waals surface area contributed by atoms with Crippen LogP contribution in [0, 0.1) is 0 Å². The van der Waals surface area contributed by atoms with E-state index in [2.05, 4.69) is 322 Å². The van der Waals surface area contributed by atoms with Gasteiger partial charge in [0.1, 0.15) is 0 Å². The Morgan fingerprint density at radius 2 is 0.827 bits per heavy atom. The molecule has 0 saturated carbocycles. The first-order valence-corrected chi connectivity index (χ1v) is 28.5. The van der Waals surface area contributed by atoms with Gasteiger partial charge in [0.2, 0.25) is 0 Å². The smallest absolute Gasteiger partial charge is 0.0661 e. The Morgan fingerprint density at radius 1 is 0.284 bits per heavy atom. The Hall–Kier alpha value is -10.5. The zero-order valence-corrected chi connectivity index (χ0v) is 44.9. The molecule has 0 fully saturated rings. The molecule has 0 N–H and O–H groups in total. The van der Waals surface area contributed by atoms with E-state index in [4.69, 9.17) is 0 Å². The fourth-order valence-electron chi connectivity index (χ4n) is 12.7. The maximum atomic E-state index is 2.48. The summed E-state index contributed by atoms with van der Waals surface area (Å²) in [5, 5.41) is 9.82. The number of thiophene rings is 1. The van der Waals surface area contributed by atoms with Gasteiger partial charge in [-0.05, 0) is 131 Å². The van der Waals surface area contributed by atoms with Gasteiger partial charge in [0.15, 0.2) is 0 Å². The number of fused-ring (bicyclic) bond motifs is 11. The minimum atomic E-state index is 1.06. The zero-order chi connectivity index (χ0) is 53.4. The number of para-hydroxylation sites is 7. The van der Waals surface area contributed by atoms with E-state index in [9.17, 15) is 0 Å². The lowest BCUT2D eigenvalue weighted by atomic mass is 9.97. The van der Waals surface area contributed by atoms with E-state index in [1.165, 1.54) is 91.2 Å². The van der Waals surface area contributed by atoms with Gasteiger partial charge in [0.05, 0.1) is 32.5 Å². The summed E-state index contributed by atoms with van der Waals surface area (Å²) in [6.07, 6.45) is 0. The predicted octanol–water partition coefficient (Wildman–Crippen LogP) is 21.7. The number of anilines is 6. The maximum absolute atomic E-state index is 2.48.